The molecule has 1 saturated heterocycles. The van der Waals surface area contributed by atoms with Gasteiger partial charge >= 0.3 is 5.97 Å². The normalized spacial score (nSPS) is 19.0. The monoisotopic (exact) mass is 351 g/mol. The molecule has 1 aliphatic rings. The summed E-state index contributed by atoms with van der Waals surface area (Å²) in [6.45, 7) is 3.62. The Labute approximate surface area is 151 Å². The van der Waals surface area contributed by atoms with Gasteiger partial charge in [-0.25, -0.2) is 4.79 Å². The maximum absolute atomic E-state index is 11.3. The van der Waals surface area contributed by atoms with Crippen molar-refractivity contribution in [3.05, 3.63) is 65.6 Å². The Bertz CT molecular complexity index is 924. The van der Waals surface area contributed by atoms with Gasteiger partial charge in [0.25, 0.3) is 0 Å². The minimum Gasteiger partial charge on any atom is -0.478 e. The van der Waals surface area contributed by atoms with Crippen LogP contribution in [0.3, 0.4) is 0 Å². The average Bonchev–Trinajstić information content (AvgIpc) is 3.07. The lowest BCUT2D eigenvalue weighted by Crippen LogP contribution is -2.46. The Morgan fingerprint density at radius 3 is 2.73 bits per heavy atom. The highest BCUT2D eigenvalue weighted by molar-refractivity contribution is 5.87. The molecule has 1 aliphatic heterocycles. The molecule has 26 heavy (non-hydrogen) atoms. The van der Waals surface area contributed by atoms with Crippen LogP contribution < -0.4 is 0 Å². The van der Waals surface area contributed by atoms with Crippen LogP contribution >= 0.6 is 0 Å². The highest BCUT2D eigenvalue weighted by Crippen LogP contribution is 2.24. The van der Waals surface area contributed by atoms with Gasteiger partial charge in [-0.3, -0.25) is 14.2 Å². The number of likely N-dealkylation sites (N-methyl/N-ethyl adjacent to an activating group) is 1. The number of fused-ring (bicyclic) bond motifs is 1. The zero-order valence-electron chi connectivity index (χ0n) is 14.6. The summed E-state index contributed by atoms with van der Waals surface area (Å²) < 4.78 is 1.80. The van der Waals surface area contributed by atoms with Crippen LogP contribution in [-0.4, -0.2) is 62.2 Å². The Balaban J connectivity index is 1.62. The summed E-state index contributed by atoms with van der Waals surface area (Å²) in [5, 5.41) is 17.8. The molecule has 1 aromatic carbocycles. The standard InChI is InChI=1S/C19H21N5O2/c1-22-9-10-23(11-14-5-3-2-4-6-14)13-16(22)18-21-20-17-8-7-15(19(25)26)12-24(17)18/h2-8,12,16H,9-11,13H2,1H3,(H,25,26)/t16-/m1/s1. The molecule has 0 bridgehead atoms. The van der Waals surface area contributed by atoms with Gasteiger partial charge in [-0.05, 0) is 24.7 Å². The number of rotatable bonds is 4. The van der Waals surface area contributed by atoms with E-state index in [0.29, 0.717) is 5.65 Å². The van der Waals surface area contributed by atoms with Gasteiger partial charge in [-0.2, -0.15) is 0 Å². The van der Waals surface area contributed by atoms with Crippen LogP contribution in [0.2, 0.25) is 0 Å². The van der Waals surface area contributed by atoms with Crippen LogP contribution in [0.25, 0.3) is 5.65 Å². The van der Waals surface area contributed by atoms with Gasteiger partial charge in [-0.1, -0.05) is 30.3 Å². The van der Waals surface area contributed by atoms with E-state index >= 15 is 0 Å². The predicted octanol–water partition coefficient (Wildman–Crippen LogP) is 1.92. The molecule has 0 spiro atoms. The summed E-state index contributed by atoms with van der Waals surface area (Å²) in [6, 6.07) is 13.7. The molecule has 4 rings (SSSR count). The summed E-state index contributed by atoms with van der Waals surface area (Å²) in [4.78, 5) is 16.0. The van der Waals surface area contributed by atoms with Gasteiger partial charge in [0.15, 0.2) is 11.5 Å². The second-order valence-corrected chi connectivity index (χ2v) is 6.73. The first kappa shape index (κ1) is 16.7. The molecule has 7 nitrogen and oxygen atoms in total. The van der Waals surface area contributed by atoms with E-state index in [-0.39, 0.29) is 11.6 Å². The Morgan fingerprint density at radius 1 is 1.15 bits per heavy atom. The molecule has 7 heteroatoms. The summed E-state index contributed by atoms with van der Waals surface area (Å²) in [5.41, 5.74) is 2.19. The summed E-state index contributed by atoms with van der Waals surface area (Å²) >= 11 is 0. The maximum Gasteiger partial charge on any atom is 0.337 e. The fraction of sp³-hybridized carbons (Fsp3) is 0.316. The SMILES string of the molecule is CN1CCN(Cc2ccccc2)C[C@@H]1c1nnc2ccc(C(=O)O)cn12. The fourth-order valence-corrected chi connectivity index (χ4v) is 3.46. The molecule has 134 valence electrons. The van der Waals surface area contributed by atoms with Crippen molar-refractivity contribution in [2.75, 3.05) is 26.7 Å². The van der Waals surface area contributed by atoms with Crippen LogP contribution in [-0.2, 0) is 6.54 Å². The van der Waals surface area contributed by atoms with Crippen molar-refractivity contribution in [3.63, 3.8) is 0 Å². The molecule has 1 N–H and O–H groups in total. The van der Waals surface area contributed by atoms with Crippen molar-refractivity contribution >= 4 is 11.6 Å². The molecule has 0 aliphatic carbocycles. The van der Waals surface area contributed by atoms with Gasteiger partial charge in [-0.15, -0.1) is 10.2 Å². The van der Waals surface area contributed by atoms with E-state index in [9.17, 15) is 9.90 Å². The largest absolute Gasteiger partial charge is 0.478 e. The van der Waals surface area contributed by atoms with Crippen LogP contribution in [0, 0.1) is 0 Å². The van der Waals surface area contributed by atoms with Gasteiger partial charge in [0.2, 0.25) is 0 Å². The Hall–Kier alpha value is -2.77. The molecular formula is C19H21N5O2. The van der Waals surface area contributed by atoms with Gasteiger partial charge in [0, 0.05) is 32.4 Å². The number of hydrogen-bond donors (Lipinski definition) is 1. The molecule has 1 atom stereocenters. The summed E-state index contributed by atoms with van der Waals surface area (Å²) in [7, 11) is 2.08. The maximum atomic E-state index is 11.3. The zero-order chi connectivity index (χ0) is 18.1. The van der Waals surface area contributed by atoms with E-state index in [1.807, 2.05) is 6.07 Å². The molecule has 0 radical (unpaired) electrons. The number of aromatic nitrogens is 3. The van der Waals surface area contributed by atoms with Gasteiger partial charge in [0.1, 0.15) is 0 Å². The Morgan fingerprint density at radius 2 is 1.96 bits per heavy atom. The van der Waals surface area contributed by atoms with E-state index in [0.717, 1.165) is 32.0 Å². The topological polar surface area (TPSA) is 74.0 Å². The molecule has 0 saturated carbocycles. The molecule has 1 fully saturated rings. The number of carbonyl (C=O) groups is 1. The number of carboxylic acids is 1. The lowest BCUT2D eigenvalue weighted by molar-refractivity contribution is 0.0696. The lowest BCUT2D eigenvalue weighted by atomic mass is 10.1. The third-order valence-corrected chi connectivity index (χ3v) is 4.95. The smallest absolute Gasteiger partial charge is 0.337 e. The number of piperazine rings is 1. The third kappa shape index (κ3) is 3.18. The molecule has 3 aromatic rings. The summed E-state index contributed by atoms with van der Waals surface area (Å²) in [5.74, 6) is -0.169. The van der Waals surface area contributed by atoms with Crippen molar-refractivity contribution in [2.45, 2.75) is 12.6 Å². The highest BCUT2D eigenvalue weighted by Gasteiger charge is 2.29. The van der Waals surface area contributed by atoms with Crippen LogP contribution in [0.1, 0.15) is 27.8 Å². The predicted molar refractivity (Wildman–Crippen MR) is 97.0 cm³/mol. The number of carboxylic acid groups (broad SMARTS) is 1. The molecular weight excluding hydrogens is 330 g/mol. The van der Waals surface area contributed by atoms with Crippen LogP contribution in [0.15, 0.2) is 48.7 Å². The third-order valence-electron chi connectivity index (χ3n) is 4.95. The fourth-order valence-electron chi connectivity index (χ4n) is 3.46. The number of aromatic carboxylic acids is 1. The molecule has 0 unspecified atom stereocenters. The first-order valence-corrected chi connectivity index (χ1v) is 8.66. The molecule has 2 aromatic heterocycles. The first-order chi connectivity index (χ1) is 12.6. The first-order valence-electron chi connectivity index (χ1n) is 8.66. The number of pyridine rings is 1. The van der Waals surface area contributed by atoms with Crippen molar-refractivity contribution in [3.8, 4) is 0 Å². The van der Waals surface area contributed by atoms with E-state index < -0.39 is 5.97 Å². The van der Waals surface area contributed by atoms with Gasteiger partial charge in [0.05, 0.1) is 11.6 Å². The molecule has 3 heterocycles. The van der Waals surface area contributed by atoms with Crippen LogP contribution in [0.5, 0.6) is 0 Å². The second-order valence-electron chi connectivity index (χ2n) is 6.73. The lowest BCUT2D eigenvalue weighted by Gasteiger charge is -2.38. The Kier molecular flexibility index (Phi) is 4.40. The molecule has 0 amide bonds. The van der Waals surface area contributed by atoms with Crippen molar-refractivity contribution < 1.29 is 9.90 Å². The van der Waals surface area contributed by atoms with Crippen molar-refractivity contribution in [2.24, 2.45) is 0 Å². The number of benzene rings is 1. The highest BCUT2D eigenvalue weighted by atomic mass is 16.4. The van der Waals surface area contributed by atoms with E-state index in [4.69, 9.17) is 0 Å². The van der Waals surface area contributed by atoms with Gasteiger partial charge < -0.3 is 5.11 Å². The van der Waals surface area contributed by atoms with Crippen LogP contribution in [0.4, 0.5) is 0 Å². The van der Waals surface area contributed by atoms with E-state index in [1.165, 1.54) is 5.56 Å². The van der Waals surface area contributed by atoms with E-state index in [2.05, 4.69) is 51.3 Å². The zero-order valence-corrected chi connectivity index (χ0v) is 14.6. The number of nitrogens with zero attached hydrogens (tertiary/aromatic N) is 5. The minimum absolute atomic E-state index is 0.0616. The second kappa shape index (κ2) is 6.86. The summed E-state index contributed by atoms with van der Waals surface area (Å²) in [6.07, 6.45) is 1.61. The number of hydrogen-bond acceptors (Lipinski definition) is 5. The quantitative estimate of drug-likeness (QED) is 0.774. The van der Waals surface area contributed by atoms with Crippen molar-refractivity contribution in [1.29, 1.82) is 0 Å². The van der Waals surface area contributed by atoms with Crippen molar-refractivity contribution in [1.82, 2.24) is 24.4 Å². The van der Waals surface area contributed by atoms with E-state index in [1.54, 1.807) is 22.7 Å². The minimum atomic E-state index is -0.950. The average molecular weight is 351 g/mol.